The number of carboxylic acids is 1. The normalized spacial score (nSPS) is 11.1. The number of rotatable bonds is 7. The summed E-state index contributed by atoms with van der Waals surface area (Å²) in [6.07, 6.45) is -4.85. The zero-order chi connectivity index (χ0) is 24.9. The lowest BCUT2D eigenvalue weighted by Gasteiger charge is -2.17. The highest BCUT2D eigenvalue weighted by Gasteiger charge is 2.31. The third kappa shape index (κ3) is 6.28. The number of nitrogens with one attached hydrogen (secondary N) is 2. The van der Waals surface area contributed by atoms with E-state index in [-0.39, 0.29) is 18.5 Å². The monoisotopic (exact) mass is 536 g/mol. The van der Waals surface area contributed by atoms with Gasteiger partial charge in [0.1, 0.15) is 5.75 Å². The Balaban J connectivity index is 1.97. The largest absolute Gasteiger partial charge is 0.496 e. The number of ether oxygens (including phenoxy) is 1. The van der Waals surface area contributed by atoms with Crippen LogP contribution >= 0.6 is 15.9 Å². The zero-order valence-electron chi connectivity index (χ0n) is 17.9. The molecule has 2 amide bonds. The molecule has 0 atom stereocenters. The van der Waals surface area contributed by atoms with Crippen molar-refractivity contribution in [2.75, 3.05) is 12.4 Å². The first-order valence-electron chi connectivity index (χ1n) is 9.97. The molecule has 0 fully saturated rings. The molecule has 3 N–H and O–H groups in total. The smallest absolute Gasteiger partial charge is 0.416 e. The summed E-state index contributed by atoms with van der Waals surface area (Å²) in [7, 11) is 1.41. The Morgan fingerprint density at radius 1 is 1.03 bits per heavy atom. The minimum absolute atomic E-state index is 0.183. The number of amides is 2. The fourth-order valence-electron chi connectivity index (χ4n) is 3.33. The Kier molecular flexibility index (Phi) is 7.83. The second kappa shape index (κ2) is 10.6. The molecule has 0 aliphatic rings. The van der Waals surface area contributed by atoms with Crippen LogP contribution in [0.4, 0.5) is 23.7 Å². The third-order valence-corrected chi connectivity index (χ3v) is 5.59. The molecule has 0 aromatic heterocycles. The van der Waals surface area contributed by atoms with Gasteiger partial charge >= 0.3 is 18.2 Å². The van der Waals surface area contributed by atoms with Gasteiger partial charge in [-0.25, -0.2) is 4.79 Å². The minimum Gasteiger partial charge on any atom is -0.496 e. The molecule has 0 spiro atoms. The summed E-state index contributed by atoms with van der Waals surface area (Å²) < 4.78 is 46.2. The molecular weight excluding hydrogens is 517 g/mol. The first-order valence-corrected chi connectivity index (χ1v) is 10.8. The molecular formula is C24H20BrF3N2O4. The molecule has 3 aromatic carbocycles. The van der Waals surface area contributed by atoms with Gasteiger partial charge in [-0.15, -0.1) is 0 Å². The fraction of sp³-hybridized carbons (Fsp3) is 0.167. The number of para-hydroxylation sites is 1. The standard InChI is InChI=1S/C24H20BrF3N2O4/c1-34-21-9-6-14(11-22(31)32)10-18(21)17-8-7-16(24(26,27)28)12-15(17)13-29-23(33)30-20-5-3-2-4-19(20)25/h2-10,12H,11,13H2,1H3,(H,31,32)(H2,29,30,33). The Morgan fingerprint density at radius 2 is 1.76 bits per heavy atom. The number of urea groups is 1. The average Bonchev–Trinajstić information content (AvgIpc) is 2.78. The summed E-state index contributed by atoms with van der Waals surface area (Å²) in [5, 5.41) is 14.3. The molecule has 0 heterocycles. The molecule has 0 radical (unpaired) electrons. The number of anilines is 1. The minimum atomic E-state index is -4.58. The van der Waals surface area contributed by atoms with Gasteiger partial charge in [-0.05, 0) is 69.0 Å². The second-order valence-corrected chi connectivity index (χ2v) is 8.12. The van der Waals surface area contributed by atoms with Crippen molar-refractivity contribution in [2.45, 2.75) is 19.1 Å². The van der Waals surface area contributed by atoms with Crippen LogP contribution in [0.3, 0.4) is 0 Å². The quantitative estimate of drug-likeness (QED) is 0.341. The molecule has 0 saturated carbocycles. The number of methoxy groups -OCH3 is 1. The molecule has 0 bridgehead atoms. The Hall–Kier alpha value is -3.53. The topological polar surface area (TPSA) is 87.7 Å². The summed E-state index contributed by atoms with van der Waals surface area (Å²) in [6.45, 7) is -0.220. The van der Waals surface area contributed by atoms with Crippen LogP contribution in [0, 0.1) is 0 Å². The van der Waals surface area contributed by atoms with Crippen LogP contribution in [0.5, 0.6) is 5.75 Å². The number of halogens is 4. The van der Waals surface area contributed by atoms with Crippen LogP contribution in [0.15, 0.2) is 65.1 Å². The zero-order valence-corrected chi connectivity index (χ0v) is 19.5. The molecule has 0 unspecified atom stereocenters. The van der Waals surface area contributed by atoms with Gasteiger partial charge in [0.2, 0.25) is 0 Å². The van der Waals surface area contributed by atoms with Gasteiger partial charge in [0.25, 0.3) is 0 Å². The highest BCUT2D eigenvalue weighted by atomic mass is 79.9. The van der Waals surface area contributed by atoms with Gasteiger partial charge in [-0.1, -0.05) is 24.3 Å². The molecule has 0 aliphatic heterocycles. The van der Waals surface area contributed by atoms with Crippen LogP contribution < -0.4 is 15.4 Å². The summed E-state index contributed by atoms with van der Waals surface area (Å²) in [6, 6.07) is 14.1. The Labute approximate surface area is 201 Å². The van der Waals surface area contributed by atoms with Crippen molar-refractivity contribution in [2.24, 2.45) is 0 Å². The van der Waals surface area contributed by atoms with Crippen LogP contribution in [-0.4, -0.2) is 24.2 Å². The summed E-state index contributed by atoms with van der Waals surface area (Å²) in [5.41, 5.74) is 1.04. The van der Waals surface area contributed by atoms with Crippen LogP contribution in [0.2, 0.25) is 0 Å². The first-order chi connectivity index (χ1) is 16.1. The number of carboxylic acid groups (broad SMARTS) is 1. The van der Waals surface area contributed by atoms with Gasteiger partial charge < -0.3 is 20.5 Å². The van der Waals surface area contributed by atoms with Crippen molar-refractivity contribution < 1.29 is 32.6 Å². The van der Waals surface area contributed by atoms with E-state index in [1.807, 2.05) is 0 Å². The first kappa shape index (κ1) is 25.1. The lowest BCUT2D eigenvalue weighted by atomic mass is 9.94. The molecule has 3 aromatic rings. The number of hydrogen-bond donors (Lipinski definition) is 3. The van der Waals surface area contributed by atoms with Crippen LogP contribution in [0.1, 0.15) is 16.7 Å². The van der Waals surface area contributed by atoms with Crippen molar-refractivity contribution in [1.29, 1.82) is 0 Å². The molecule has 3 rings (SSSR count). The van der Waals surface area contributed by atoms with Crippen molar-refractivity contribution in [3.63, 3.8) is 0 Å². The number of aliphatic carboxylic acids is 1. The van der Waals surface area contributed by atoms with Gasteiger partial charge in [-0.2, -0.15) is 13.2 Å². The number of benzene rings is 3. The fourth-order valence-corrected chi connectivity index (χ4v) is 3.72. The van der Waals surface area contributed by atoms with Gasteiger partial charge in [0, 0.05) is 16.6 Å². The Bertz CT molecular complexity index is 1220. The van der Waals surface area contributed by atoms with Crippen molar-refractivity contribution in [1.82, 2.24) is 5.32 Å². The molecule has 0 aliphatic carbocycles. The lowest BCUT2D eigenvalue weighted by molar-refractivity contribution is -0.138. The predicted molar refractivity (Wildman–Crippen MR) is 125 cm³/mol. The number of alkyl halides is 3. The van der Waals surface area contributed by atoms with Crippen LogP contribution in [-0.2, 0) is 23.9 Å². The van der Waals surface area contributed by atoms with E-state index in [1.165, 1.54) is 13.2 Å². The van der Waals surface area contributed by atoms with E-state index in [2.05, 4.69) is 26.6 Å². The molecule has 34 heavy (non-hydrogen) atoms. The lowest BCUT2D eigenvalue weighted by Crippen LogP contribution is -2.28. The molecule has 6 nitrogen and oxygen atoms in total. The van der Waals surface area contributed by atoms with Crippen molar-refractivity contribution in [3.8, 4) is 16.9 Å². The van der Waals surface area contributed by atoms with E-state index >= 15 is 0 Å². The van der Waals surface area contributed by atoms with Crippen molar-refractivity contribution in [3.05, 3.63) is 81.8 Å². The Morgan fingerprint density at radius 3 is 2.41 bits per heavy atom. The maximum atomic E-state index is 13.4. The van der Waals surface area contributed by atoms with E-state index in [1.54, 1.807) is 42.5 Å². The van der Waals surface area contributed by atoms with Gasteiger partial charge in [0.15, 0.2) is 0 Å². The van der Waals surface area contributed by atoms with Gasteiger partial charge in [-0.3, -0.25) is 4.79 Å². The number of carbonyl (C=O) groups is 2. The summed E-state index contributed by atoms with van der Waals surface area (Å²) in [4.78, 5) is 23.5. The third-order valence-electron chi connectivity index (χ3n) is 4.90. The van der Waals surface area contributed by atoms with Gasteiger partial charge in [0.05, 0.1) is 24.8 Å². The van der Waals surface area contributed by atoms with E-state index in [0.717, 1.165) is 12.1 Å². The summed E-state index contributed by atoms with van der Waals surface area (Å²) >= 11 is 3.31. The maximum absolute atomic E-state index is 13.4. The van der Waals surface area contributed by atoms with E-state index in [0.29, 0.717) is 32.6 Å². The SMILES string of the molecule is COc1ccc(CC(=O)O)cc1-c1ccc(C(F)(F)F)cc1CNC(=O)Nc1ccccc1Br. The summed E-state index contributed by atoms with van der Waals surface area (Å²) in [5.74, 6) is -0.693. The predicted octanol–water partition coefficient (Wildman–Crippen LogP) is 6.09. The average molecular weight is 537 g/mol. The van der Waals surface area contributed by atoms with Crippen LogP contribution in [0.25, 0.3) is 11.1 Å². The molecule has 10 heteroatoms. The highest BCUT2D eigenvalue weighted by molar-refractivity contribution is 9.10. The van der Waals surface area contributed by atoms with E-state index in [4.69, 9.17) is 9.84 Å². The molecule has 0 saturated heterocycles. The number of hydrogen-bond acceptors (Lipinski definition) is 3. The maximum Gasteiger partial charge on any atom is 0.416 e. The molecule has 178 valence electrons. The van der Waals surface area contributed by atoms with E-state index in [9.17, 15) is 22.8 Å². The number of carbonyl (C=O) groups excluding carboxylic acids is 1. The van der Waals surface area contributed by atoms with Crippen molar-refractivity contribution >= 4 is 33.6 Å². The highest BCUT2D eigenvalue weighted by Crippen LogP contribution is 2.37. The second-order valence-electron chi connectivity index (χ2n) is 7.26. The van der Waals surface area contributed by atoms with E-state index < -0.39 is 23.7 Å².